The molecule has 2 heterocycles. The number of para-hydroxylation sites is 1. The van der Waals surface area contributed by atoms with Gasteiger partial charge in [0.1, 0.15) is 19.0 Å². The minimum Gasteiger partial charge on any atom is -0.486 e. The fourth-order valence-corrected chi connectivity index (χ4v) is 6.30. The number of nitrogens with zero attached hydrogens (tertiary/aromatic N) is 2. The minimum atomic E-state index is -0.170. The Labute approximate surface area is 213 Å². The van der Waals surface area contributed by atoms with E-state index < -0.39 is 0 Å². The van der Waals surface area contributed by atoms with Crippen molar-refractivity contribution in [2.24, 2.45) is 5.92 Å². The summed E-state index contributed by atoms with van der Waals surface area (Å²) in [6, 6.07) is 13.2. The van der Waals surface area contributed by atoms with Crippen LogP contribution in [0.2, 0.25) is 0 Å². The maximum Gasteiger partial charge on any atom is 0.207 e. The van der Waals surface area contributed by atoms with Crippen molar-refractivity contribution >= 4 is 12.1 Å². The molecule has 194 valence electrons. The summed E-state index contributed by atoms with van der Waals surface area (Å²) >= 11 is 0. The Morgan fingerprint density at radius 1 is 0.972 bits per heavy atom. The first-order chi connectivity index (χ1) is 17.7. The highest BCUT2D eigenvalue weighted by Crippen LogP contribution is 2.40. The Balaban J connectivity index is 1.26. The SMILES string of the molecule is O=CNC(C1CCCCC1)C(CCN1CCN(c2cccc3c2OCCO3)CC1)c1ccccc1F. The average Bonchev–Trinajstić information content (AvgIpc) is 2.94. The number of carbonyl (C=O) groups excluding carboxylic acids is 1. The number of amides is 1. The van der Waals surface area contributed by atoms with Crippen LogP contribution in [0.15, 0.2) is 42.5 Å². The van der Waals surface area contributed by atoms with Gasteiger partial charge in [-0.1, -0.05) is 43.5 Å². The molecular formula is C29H38FN3O3. The number of rotatable bonds is 9. The molecule has 1 aliphatic carbocycles. The van der Waals surface area contributed by atoms with Gasteiger partial charge in [0.25, 0.3) is 0 Å². The zero-order valence-electron chi connectivity index (χ0n) is 21.0. The molecule has 3 aliphatic rings. The van der Waals surface area contributed by atoms with Crippen LogP contribution in [-0.4, -0.2) is 63.3 Å². The predicted octanol–water partition coefficient (Wildman–Crippen LogP) is 4.59. The van der Waals surface area contributed by atoms with Crippen molar-refractivity contribution in [3.8, 4) is 11.5 Å². The third-order valence-corrected chi connectivity index (χ3v) is 8.17. The Bertz CT molecular complexity index is 1010. The average molecular weight is 496 g/mol. The maximum atomic E-state index is 15.0. The normalized spacial score (nSPS) is 20.5. The molecule has 6 nitrogen and oxygen atoms in total. The van der Waals surface area contributed by atoms with Gasteiger partial charge in [-0.15, -0.1) is 0 Å². The fraction of sp³-hybridized carbons (Fsp3) is 0.552. The van der Waals surface area contributed by atoms with Crippen molar-refractivity contribution in [2.45, 2.75) is 50.5 Å². The van der Waals surface area contributed by atoms with E-state index in [1.165, 1.54) is 19.3 Å². The number of hydrogen-bond donors (Lipinski definition) is 1. The molecule has 2 unspecified atom stereocenters. The molecule has 1 saturated heterocycles. The van der Waals surface area contributed by atoms with Crippen molar-refractivity contribution in [3.63, 3.8) is 0 Å². The standard InChI is InChI=1S/C29H38FN3O3/c30-25-10-5-4-9-23(25)24(28(31-21-34)22-7-2-1-3-8-22)13-14-32-15-17-33(18-16-32)26-11-6-12-27-29(26)36-20-19-35-27/h4-6,9-12,21-22,24,28H,1-3,7-8,13-20H2,(H,31,34). The first-order valence-corrected chi connectivity index (χ1v) is 13.5. The quantitative estimate of drug-likeness (QED) is 0.516. The van der Waals surface area contributed by atoms with Gasteiger partial charge < -0.3 is 19.7 Å². The fourth-order valence-electron chi connectivity index (χ4n) is 6.30. The molecule has 2 fully saturated rings. The molecule has 0 radical (unpaired) electrons. The van der Waals surface area contributed by atoms with E-state index in [4.69, 9.17) is 9.47 Å². The van der Waals surface area contributed by atoms with E-state index in [1.54, 1.807) is 12.1 Å². The Morgan fingerprint density at radius 2 is 1.75 bits per heavy atom. The molecule has 2 aromatic rings. The van der Waals surface area contributed by atoms with Gasteiger partial charge in [-0.2, -0.15) is 0 Å². The van der Waals surface area contributed by atoms with E-state index in [0.717, 1.165) is 81.1 Å². The highest BCUT2D eigenvalue weighted by molar-refractivity contribution is 5.65. The summed E-state index contributed by atoms with van der Waals surface area (Å²) in [5.74, 6) is 1.87. The topological polar surface area (TPSA) is 54.0 Å². The molecular weight excluding hydrogens is 457 g/mol. The van der Waals surface area contributed by atoms with Crippen LogP contribution in [0.5, 0.6) is 11.5 Å². The van der Waals surface area contributed by atoms with Crippen molar-refractivity contribution in [1.82, 2.24) is 10.2 Å². The zero-order chi connectivity index (χ0) is 24.7. The summed E-state index contributed by atoms with van der Waals surface area (Å²) in [5.41, 5.74) is 1.83. The van der Waals surface area contributed by atoms with E-state index in [0.29, 0.717) is 19.1 Å². The first-order valence-electron chi connectivity index (χ1n) is 13.5. The van der Waals surface area contributed by atoms with Crippen LogP contribution >= 0.6 is 0 Å². The molecule has 2 atom stereocenters. The number of anilines is 1. The van der Waals surface area contributed by atoms with Crippen LogP contribution in [0.1, 0.15) is 50.0 Å². The van der Waals surface area contributed by atoms with Gasteiger partial charge >= 0.3 is 0 Å². The van der Waals surface area contributed by atoms with Crippen LogP contribution in [0.4, 0.5) is 10.1 Å². The molecule has 2 aliphatic heterocycles. The lowest BCUT2D eigenvalue weighted by Gasteiger charge is -2.39. The molecule has 1 N–H and O–H groups in total. The van der Waals surface area contributed by atoms with Gasteiger partial charge in [0, 0.05) is 38.1 Å². The van der Waals surface area contributed by atoms with Gasteiger partial charge in [0.2, 0.25) is 6.41 Å². The molecule has 7 heteroatoms. The molecule has 1 amide bonds. The van der Waals surface area contributed by atoms with E-state index in [2.05, 4.69) is 21.2 Å². The van der Waals surface area contributed by atoms with E-state index in [9.17, 15) is 9.18 Å². The maximum absolute atomic E-state index is 15.0. The number of carbonyl (C=O) groups is 1. The minimum absolute atomic E-state index is 0.0334. The summed E-state index contributed by atoms with van der Waals surface area (Å²) in [6.45, 7) is 5.73. The number of fused-ring (bicyclic) bond motifs is 1. The number of halogens is 1. The molecule has 2 aromatic carbocycles. The third-order valence-electron chi connectivity index (χ3n) is 8.17. The lowest BCUT2D eigenvalue weighted by atomic mass is 9.75. The lowest BCUT2D eigenvalue weighted by molar-refractivity contribution is -0.110. The summed E-state index contributed by atoms with van der Waals surface area (Å²) in [5, 5.41) is 3.12. The number of benzene rings is 2. The van der Waals surface area contributed by atoms with Crippen LogP contribution in [0.25, 0.3) is 0 Å². The summed E-state index contributed by atoms with van der Waals surface area (Å²) < 4.78 is 26.7. The second-order valence-corrected chi connectivity index (χ2v) is 10.3. The second-order valence-electron chi connectivity index (χ2n) is 10.3. The van der Waals surface area contributed by atoms with Crippen LogP contribution < -0.4 is 19.7 Å². The van der Waals surface area contributed by atoms with Gasteiger partial charge in [0.15, 0.2) is 11.5 Å². The van der Waals surface area contributed by atoms with Crippen LogP contribution in [-0.2, 0) is 4.79 Å². The summed E-state index contributed by atoms with van der Waals surface area (Å²) in [6.07, 6.45) is 7.46. The molecule has 1 saturated carbocycles. The Morgan fingerprint density at radius 3 is 2.53 bits per heavy atom. The number of nitrogens with one attached hydrogen (secondary N) is 1. The number of hydrogen-bond acceptors (Lipinski definition) is 5. The highest BCUT2D eigenvalue weighted by Gasteiger charge is 2.33. The van der Waals surface area contributed by atoms with Gasteiger partial charge in [-0.25, -0.2) is 4.39 Å². The van der Waals surface area contributed by atoms with Gasteiger partial charge in [0.05, 0.1) is 5.69 Å². The van der Waals surface area contributed by atoms with Gasteiger partial charge in [-0.3, -0.25) is 9.69 Å². The molecule has 0 spiro atoms. The van der Waals surface area contributed by atoms with Crippen LogP contribution in [0.3, 0.4) is 0 Å². The van der Waals surface area contributed by atoms with Crippen molar-refractivity contribution in [2.75, 3.05) is 50.8 Å². The first kappa shape index (κ1) is 24.9. The molecule has 36 heavy (non-hydrogen) atoms. The van der Waals surface area contributed by atoms with E-state index >= 15 is 0 Å². The predicted molar refractivity (Wildman–Crippen MR) is 139 cm³/mol. The Hall–Kier alpha value is -2.80. The van der Waals surface area contributed by atoms with Crippen LogP contribution in [0, 0.1) is 11.7 Å². The molecule has 5 rings (SSSR count). The second kappa shape index (κ2) is 12.0. The third kappa shape index (κ3) is 5.61. The highest BCUT2D eigenvalue weighted by atomic mass is 19.1. The lowest BCUT2D eigenvalue weighted by Crippen LogP contribution is -2.48. The smallest absolute Gasteiger partial charge is 0.207 e. The van der Waals surface area contributed by atoms with E-state index in [1.807, 2.05) is 24.3 Å². The number of piperazine rings is 1. The monoisotopic (exact) mass is 495 g/mol. The molecule has 0 aromatic heterocycles. The van der Waals surface area contributed by atoms with E-state index in [-0.39, 0.29) is 17.8 Å². The summed E-state index contributed by atoms with van der Waals surface area (Å²) in [7, 11) is 0. The molecule has 0 bridgehead atoms. The largest absolute Gasteiger partial charge is 0.486 e. The summed E-state index contributed by atoms with van der Waals surface area (Å²) in [4.78, 5) is 16.5. The van der Waals surface area contributed by atoms with Crippen molar-refractivity contribution in [1.29, 1.82) is 0 Å². The van der Waals surface area contributed by atoms with Gasteiger partial charge in [-0.05, 0) is 55.5 Å². The van der Waals surface area contributed by atoms with Crippen molar-refractivity contribution in [3.05, 3.63) is 53.8 Å². The number of ether oxygens (including phenoxy) is 2. The zero-order valence-corrected chi connectivity index (χ0v) is 21.0. The van der Waals surface area contributed by atoms with Crippen molar-refractivity contribution < 1.29 is 18.7 Å². The Kier molecular flexibility index (Phi) is 8.26.